The summed E-state index contributed by atoms with van der Waals surface area (Å²) in [4.78, 5) is 15.7. The third kappa shape index (κ3) is 2.52. The first-order valence-corrected chi connectivity index (χ1v) is 7.14. The molecule has 0 spiro atoms. The zero-order valence-electron chi connectivity index (χ0n) is 11.0. The van der Waals surface area contributed by atoms with Gasteiger partial charge in [-0.1, -0.05) is 0 Å². The summed E-state index contributed by atoms with van der Waals surface area (Å²) in [6, 6.07) is 0. The number of carboxylic acids is 1. The van der Waals surface area contributed by atoms with E-state index in [0.29, 0.717) is 0 Å². The quantitative estimate of drug-likeness (QED) is 0.906. The van der Waals surface area contributed by atoms with Crippen molar-refractivity contribution in [2.75, 3.05) is 6.61 Å². The molecule has 3 rings (SSSR count). The highest BCUT2D eigenvalue weighted by atomic mass is 16.5. The Bertz CT molecular complexity index is 463. The van der Waals surface area contributed by atoms with Crippen LogP contribution in [0, 0.1) is 0 Å². The number of rotatable bonds is 3. The van der Waals surface area contributed by atoms with Crippen LogP contribution in [0.4, 0.5) is 0 Å². The summed E-state index contributed by atoms with van der Waals surface area (Å²) in [5.74, 6) is -0.128. The second-order valence-electron chi connectivity index (χ2n) is 5.48. The summed E-state index contributed by atoms with van der Waals surface area (Å²) in [5, 5.41) is 9.25. The van der Waals surface area contributed by atoms with Crippen LogP contribution in [0.3, 0.4) is 0 Å². The van der Waals surface area contributed by atoms with Crippen LogP contribution < -0.4 is 0 Å². The molecule has 2 aliphatic heterocycles. The molecule has 1 saturated heterocycles. The molecule has 2 unspecified atom stereocenters. The lowest BCUT2D eigenvalue weighted by Gasteiger charge is -2.25. The topological polar surface area (TPSA) is 64.3 Å². The minimum absolute atomic E-state index is 0.255. The third-order valence-electron chi connectivity index (χ3n) is 4.18. The highest BCUT2D eigenvalue weighted by Gasteiger charge is 2.29. The number of imidazole rings is 1. The Labute approximate surface area is 112 Å². The maximum Gasteiger partial charge on any atom is 0.312 e. The fourth-order valence-corrected chi connectivity index (χ4v) is 3.15. The number of aromatic nitrogens is 2. The van der Waals surface area contributed by atoms with E-state index in [4.69, 9.17) is 4.74 Å². The van der Waals surface area contributed by atoms with E-state index in [1.807, 2.05) is 0 Å². The molecule has 0 aliphatic carbocycles. The molecule has 0 bridgehead atoms. The average molecular weight is 264 g/mol. The molecule has 0 aromatic carbocycles. The van der Waals surface area contributed by atoms with Crippen molar-refractivity contribution in [1.29, 1.82) is 0 Å². The standard InChI is InChI=1S/C14H20N2O3/c17-14(18)11-5-3-6-16-12(11)9-15-13(16)8-10-4-1-2-7-19-10/h9-11H,1-8H2,(H,17,18). The van der Waals surface area contributed by atoms with Gasteiger partial charge in [0.15, 0.2) is 0 Å². The fraction of sp³-hybridized carbons (Fsp3) is 0.714. The van der Waals surface area contributed by atoms with E-state index in [1.54, 1.807) is 6.20 Å². The van der Waals surface area contributed by atoms with Crippen molar-refractivity contribution in [1.82, 2.24) is 9.55 Å². The van der Waals surface area contributed by atoms with Crippen LogP contribution in [0.15, 0.2) is 6.20 Å². The predicted octanol–water partition coefficient (Wildman–Crippen LogP) is 1.96. The largest absolute Gasteiger partial charge is 0.481 e. The SMILES string of the molecule is O=C(O)C1CCCn2c1cnc2CC1CCCCO1. The molecule has 2 aliphatic rings. The van der Waals surface area contributed by atoms with Crippen molar-refractivity contribution >= 4 is 5.97 Å². The van der Waals surface area contributed by atoms with Gasteiger partial charge in [0.05, 0.1) is 17.7 Å². The smallest absolute Gasteiger partial charge is 0.312 e. The third-order valence-corrected chi connectivity index (χ3v) is 4.18. The van der Waals surface area contributed by atoms with Crippen molar-refractivity contribution in [2.45, 2.75) is 57.1 Å². The Kier molecular flexibility index (Phi) is 3.55. The molecule has 0 saturated carbocycles. The summed E-state index contributed by atoms with van der Waals surface area (Å²) >= 11 is 0. The van der Waals surface area contributed by atoms with Crippen LogP contribution in [0.25, 0.3) is 0 Å². The maximum absolute atomic E-state index is 11.3. The number of hydrogen-bond acceptors (Lipinski definition) is 3. The molecule has 5 nitrogen and oxygen atoms in total. The molecule has 1 N–H and O–H groups in total. The minimum Gasteiger partial charge on any atom is -0.481 e. The summed E-state index contributed by atoms with van der Waals surface area (Å²) in [6.07, 6.45) is 7.91. The van der Waals surface area contributed by atoms with Crippen LogP contribution in [0.2, 0.25) is 0 Å². The molecule has 19 heavy (non-hydrogen) atoms. The number of hydrogen-bond donors (Lipinski definition) is 1. The highest BCUT2D eigenvalue weighted by Crippen LogP contribution is 2.29. The second kappa shape index (κ2) is 5.33. The summed E-state index contributed by atoms with van der Waals surface area (Å²) in [5.41, 5.74) is 0.865. The maximum atomic E-state index is 11.3. The van der Waals surface area contributed by atoms with Gasteiger partial charge in [-0.05, 0) is 32.1 Å². The van der Waals surface area contributed by atoms with E-state index >= 15 is 0 Å². The van der Waals surface area contributed by atoms with Crippen LogP contribution >= 0.6 is 0 Å². The van der Waals surface area contributed by atoms with Gasteiger partial charge >= 0.3 is 5.97 Å². The summed E-state index contributed by atoms with van der Waals surface area (Å²) < 4.78 is 7.84. The van der Waals surface area contributed by atoms with E-state index in [2.05, 4.69) is 9.55 Å². The molecule has 0 radical (unpaired) electrons. The molecular formula is C14H20N2O3. The Balaban J connectivity index is 1.78. The Morgan fingerprint density at radius 3 is 3.05 bits per heavy atom. The number of aliphatic carboxylic acids is 1. The zero-order chi connectivity index (χ0) is 13.2. The van der Waals surface area contributed by atoms with E-state index < -0.39 is 5.97 Å². The first kappa shape index (κ1) is 12.7. The van der Waals surface area contributed by atoms with Gasteiger partial charge in [-0.15, -0.1) is 0 Å². The van der Waals surface area contributed by atoms with Gasteiger partial charge in [0.2, 0.25) is 0 Å². The lowest BCUT2D eigenvalue weighted by molar-refractivity contribution is -0.139. The minimum atomic E-state index is -0.735. The van der Waals surface area contributed by atoms with Crippen LogP contribution in [0.5, 0.6) is 0 Å². The number of carbonyl (C=O) groups is 1. The molecule has 2 atom stereocenters. The van der Waals surface area contributed by atoms with Crippen molar-refractivity contribution in [2.24, 2.45) is 0 Å². The van der Waals surface area contributed by atoms with Gasteiger partial charge in [0, 0.05) is 25.8 Å². The van der Waals surface area contributed by atoms with Gasteiger partial charge < -0.3 is 14.4 Å². The number of nitrogens with zero attached hydrogens (tertiary/aromatic N) is 2. The van der Waals surface area contributed by atoms with Crippen LogP contribution in [-0.4, -0.2) is 33.3 Å². The van der Waals surface area contributed by atoms with Crippen LogP contribution in [0.1, 0.15) is 49.5 Å². The van der Waals surface area contributed by atoms with E-state index in [-0.39, 0.29) is 12.0 Å². The summed E-state index contributed by atoms with van der Waals surface area (Å²) in [6.45, 7) is 1.73. The average Bonchev–Trinajstić information content (AvgIpc) is 2.83. The summed E-state index contributed by atoms with van der Waals surface area (Å²) in [7, 11) is 0. The zero-order valence-corrected chi connectivity index (χ0v) is 11.0. The van der Waals surface area contributed by atoms with Crippen molar-refractivity contribution in [3.63, 3.8) is 0 Å². The number of fused-ring (bicyclic) bond motifs is 1. The number of ether oxygens (including phenoxy) is 1. The molecule has 1 aromatic heterocycles. The monoisotopic (exact) mass is 264 g/mol. The molecule has 104 valence electrons. The van der Waals surface area contributed by atoms with Gasteiger partial charge in [-0.3, -0.25) is 4.79 Å². The van der Waals surface area contributed by atoms with Crippen molar-refractivity contribution < 1.29 is 14.6 Å². The normalized spacial score (nSPS) is 26.9. The molecule has 1 aromatic rings. The van der Waals surface area contributed by atoms with Crippen molar-refractivity contribution in [3.05, 3.63) is 17.7 Å². The van der Waals surface area contributed by atoms with Crippen LogP contribution in [-0.2, 0) is 22.5 Å². The van der Waals surface area contributed by atoms with E-state index in [9.17, 15) is 9.90 Å². The second-order valence-corrected chi connectivity index (χ2v) is 5.48. The molecule has 0 amide bonds. The van der Waals surface area contributed by atoms with Gasteiger partial charge in [0.1, 0.15) is 5.82 Å². The Hall–Kier alpha value is -1.36. The predicted molar refractivity (Wildman–Crippen MR) is 69.1 cm³/mol. The molecule has 1 fully saturated rings. The molecule has 3 heterocycles. The number of carboxylic acid groups (broad SMARTS) is 1. The van der Waals surface area contributed by atoms with Crippen molar-refractivity contribution in [3.8, 4) is 0 Å². The highest BCUT2D eigenvalue weighted by molar-refractivity contribution is 5.75. The first-order chi connectivity index (χ1) is 9.25. The van der Waals surface area contributed by atoms with E-state index in [1.165, 1.54) is 6.42 Å². The van der Waals surface area contributed by atoms with Gasteiger partial charge in [0.25, 0.3) is 0 Å². The lowest BCUT2D eigenvalue weighted by Crippen LogP contribution is -2.26. The van der Waals surface area contributed by atoms with Gasteiger partial charge in [-0.25, -0.2) is 4.98 Å². The Morgan fingerprint density at radius 2 is 2.32 bits per heavy atom. The first-order valence-electron chi connectivity index (χ1n) is 7.14. The fourth-order valence-electron chi connectivity index (χ4n) is 3.15. The van der Waals surface area contributed by atoms with Gasteiger partial charge in [-0.2, -0.15) is 0 Å². The lowest BCUT2D eigenvalue weighted by atomic mass is 9.96. The molecular weight excluding hydrogens is 244 g/mol. The molecule has 5 heteroatoms. The van der Waals surface area contributed by atoms with E-state index in [0.717, 1.165) is 56.8 Å². The Morgan fingerprint density at radius 1 is 1.42 bits per heavy atom.